The van der Waals surface area contributed by atoms with Crippen LogP contribution in [0.15, 0.2) is 61.6 Å². The van der Waals surface area contributed by atoms with Gasteiger partial charge < -0.3 is 14.6 Å². The highest BCUT2D eigenvalue weighted by atomic mass is 16.5. The molecule has 4 heterocycles. The predicted octanol–water partition coefficient (Wildman–Crippen LogP) is 3.15. The summed E-state index contributed by atoms with van der Waals surface area (Å²) in [5.74, 6) is 1.48. The standard InChI is InChI=1S/C20H18N8O2/c1-13(2)28-12-24-27-19(28)16-4-3-5-18(25-16)26-20(29)17-8-14(6-7-23-17)30-15-9-21-11-22-10-15/h3-13H,1-2H3,(H,25,26,29). The number of carbonyl (C=O) groups is 1. The number of ether oxygens (including phenoxy) is 1. The van der Waals surface area contributed by atoms with Crippen molar-refractivity contribution in [2.45, 2.75) is 19.9 Å². The maximum Gasteiger partial charge on any atom is 0.275 e. The van der Waals surface area contributed by atoms with Gasteiger partial charge in [0.05, 0.1) is 12.4 Å². The molecule has 0 spiro atoms. The molecule has 0 fully saturated rings. The lowest BCUT2D eigenvalue weighted by atomic mass is 10.3. The second kappa shape index (κ2) is 8.43. The lowest BCUT2D eigenvalue weighted by Crippen LogP contribution is -2.15. The van der Waals surface area contributed by atoms with Gasteiger partial charge in [-0.1, -0.05) is 6.07 Å². The SMILES string of the molecule is CC(C)n1cnnc1-c1cccc(NC(=O)c2cc(Oc3cncnc3)ccn2)n1. The second-order valence-corrected chi connectivity index (χ2v) is 6.57. The Hall–Kier alpha value is -4.21. The Bertz CT molecular complexity index is 1160. The van der Waals surface area contributed by atoms with Gasteiger partial charge in [0.2, 0.25) is 0 Å². The number of hydrogen-bond donors (Lipinski definition) is 1. The summed E-state index contributed by atoms with van der Waals surface area (Å²) in [5.41, 5.74) is 0.787. The number of nitrogens with zero attached hydrogens (tertiary/aromatic N) is 7. The van der Waals surface area contributed by atoms with Gasteiger partial charge in [0.1, 0.15) is 35.6 Å². The molecular weight excluding hydrogens is 384 g/mol. The van der Waals surface area contributed by atoms with E-state index in [-0.39, 0.29) is 11.7 Å². The summed E-state index contributed by atoms with van der Waals surface area (Å²) in [5, 5.41) is 10.8. The van der Waals surface area contributed by atoms with E-state index in [0.29, 0.717) is 28.8 Å². The number of aromatic nitrogens is 7. The Morgan fingerprint density at radius 2 is 1.97 bits per heavy atom. The van der Waals surface area contributed by atoms with Gasteiger partial charge >= 0.3 is 0 Å². The third kappa shape index (κ3) is 4.27. The Balaban J connectivity index is 1.52. The van der Waals surface area contributed by atoms with Crippen LogP contribution in [0, 0.1) is 0 Å². The number of anilines is 1. The van der Waals surface area contributed by atoms with Crippen molar-refractivity contribution in [1.29, 1.82) is 0 Å². The molecule has 0 atom stereocenters. The summed E-state index contributed by atoms with van der Waals surface area (Å²) in [6, 6.07) is 8.65. The first-order valence-electron chi connectivity index (χ1n) is 9.17. The van der Waals surface area contributed by atoms with Crippen LogP contribution < -0.4 is 10.1 Å². The fourth-order valence-electron chi connectivity index (χ4n) is 2.69. The predicted molar refractivity (Wildman–Crippen MR) is 108 cm³/mol. The molecular formula is C20H18N8O2. The van der Waals surface area contributed by atoms with Crippen molar-refractivity contribution in [1.82, 2.24) is 34.7 Å². The van der Waals surface area contributed by atoms with Gasteiger partial charge in [0, 0.05) is 18.3 Å². The molecule has 1 amide bonds. The van der Waals surface area contributed by atoms with Crippen LogP contribution in [-0.2, 0) is 0 Å². The third-order valence-corrected chi connectivity index (χ3v) is 4.09. The number of hydrogen-bond acceptors (Lipinski definition) is 8. The highest BCUT2D eigenvalue weighted by molar-refractivity contribution is 6.02. The zero-order chi connectivity index (χ0) is 20.9. The molecule has 4 aromatic heterocycles. The minimum atomic E-state index is -0.417. The minimum absolute atomic E-state index is 0.178. The highest BCUT2D eigenvalue weighted by Gasteiger charge is 2.14. The van der Waals surface area contributed by atoms with Crippen LogP contribution in [0.3, 0.4) is 0 Å². The molecule has 0 unspecified atom stereocenters. The van der Waals surface area contributed by atoms with Gasteiger partial charge in [-0.3, -0.25) is 9.78 Å². The fourth-order valence-corrected chi connectivity index (χ4v) is 2.69. The fraction of sp³-hybridized carbons (Fsp3) is 0.150. The molecule has 30 heavy (non-hydrogen) atoms. The number of pyridine rings is 2. The quantitative estimate of drug-likeness (QED) is 0.522. The molecule has 0 aromatic carbocycles. The van der Waals surface area contributed by atoms with Crippen LogP contribution in [0.1, 0.15) is 30.4 Å². The molecule has 0 aliphatic heterocycles. The van der Waals surface area contributed by atoms with Crippen LogP contribution in [-0.4, -0.2) is 40.6 Å². The van der Waals surface area contributed by atoms with E-state index in [1.165, 1.54) is 31.0 Å². The van der Waals surface area contributed by atoms with Crippen molar-refractivity contribution in [2.75, 3.05) is 5.32 Å². The molecule has 0 aliphatic carbocycles. The summed E-state index contributed by atoms with van der Waals surface area (Å²) in [7, 11) is 0. The zero-order valence-corrected chi connectivity index (χ0v) is 16.3. The van der Waals surface area contributed by atoms with Crippen LogP contribution in [0.5, 0.6) is 11.5 Å². The summed E-state index contributed by atoms with van der Waals surface area (Å²) < 4.78 is 7.55. The van der Waals surface area contributed by atoms with E-state index in [2.05, 4.69) is 35.5 Å². The van der Waals surface area contributed by atoms with Gasteiger partial charge in [-0.2, -0.15) is 0 Å². The number of amides is 1. The van der Waals surface area contributed by atoms with Crippen molar-refractivity contribution in [3.63, 3.8) is 0 Å². The van der Waals surface area contributed by atoms with E-state index in [1.54, 1.807) is 24.5 Å². The molecule has 10 heteroatoms. The third-order valence-electron chi connectivity index (χ3n) is 4.09. The summed E-state index contributed by atoms with van der Waals surface area (Å²) in [4.78, 5) is 29.0. The Labute approximate surface area is 172 Å². The largest absolute Gasteiger partial charge is 0.454 e. The van der Waals surface area contributed by atoms with E-state index < -0.39 is 5.91 Å². The molecule has 0 saturated heterocycles. The Morgan fingerprint density at radius 1 is 1.13 bits per heavy atom. The second-order valence-electron chi connectivity index (χ2n) is 6.57. The van der Waals surface area contributed by atoms with E-state index in [9.17, 15) is 4.79 Å². The van der Waals surface area contributed by atoms with Crippen molar-refractivity contribution < 1.29 is 9.53 Å². The van der Waals surface area contributed by atoms with Gasteiger partial charge in [-0.25, -0.2) is 15.0 Å². The van der Waals surface area contributed by atoms with Crippen molar-refractivity contribution in [2.24, 2.45) is 0 Å². The highest BCUT2D eigenvalue weighted by Crippen LogP contribution is 2.21. The van der Waals surface area contributed by atoms with Gasteiger partial charge in [0.15, 0.2) is 11.6 Å². The minimum Gasteiger partial charge on any atom is -0.454 e. The monoisotopic (exact) mass is 402 g/mol. The van der Waals surface area contributed by atoms with Crippen molar-refractivity contribution in [3.8, 4) is 23.0 Å². The lowest BCUT2D eigenvalue weighted by molar-refractivity contribution is 0.102. The molecule has 10 nitrogen and oxygen atoms in total. The average molecular weight is 402 g/mol. The lowest BCUT2D eigenvalue weighted by Gasteiger charge is -2.11. The molecule has 1 N–H and O–H groups in total. The van der Waals surface area contributed by atoms with Crippen molar-refractivity contribution >= 4 is 11.7 Å². The zero-order valence-electron chi connectivity index (χ0n) is 16.3. The molecule has 150 valence electrons. The molecule has 0 bridgehead atoms. The van der Waals surface area contributed by atoms with Crippen LogP contribution in [0.4, 0.5) is 5.82 Å². The smallest absolute Gasteiger partial charge is 0.275 e. The molecule has 0 aliphatic rings. The Morgan fingerprint density at radius 3 is 2.77 bits per heavy atom. The van der Waals surface area contributed by atoms with Crippen molar-refractivity contribution in [3.05, 3.63) is 67.3 Å². The topological polar surface area (TPSA) is 121 Å². The van der Waals surface area contributed by atoms with Crippen LogP contribution in [0.25, 0.3) is 11.5 Å². The summed E-state index contributed by atoms with van der Waals surface area (Å²) >= 11 is 0. The number of nitrogens with one attached hydrogen (secondary N) is 1. The van der Waals surface area contributed by atoms with Gasteiger partial charge in [-0.05, 0) is 32.0 Å². The summed E-state index contributed by atoms with van der Waals surface area (Å²) in [6.45, 7) is 4.06. The van der Waals surface area contributed by atoms with E-state index in [1.807, 2.05) is 24.5 Å². The Kier molecular flexibility index (Phi) is 5.37. The first kappa shape index (κ1) is 19.1. The summed E-state index contributed by atoms with van der Waals surface area (Å²) in [6.07, 6.45) is 7.60. The average Bonchev–Trinajstić information content (AvgIpc) is 3.25. The maximum absolute atomic E-state index is 12.7. The first-order valence-corrected chi connectivity index (χ1v) is 9.17. The molecule has 4 aromatic rings. The maximum atomic E-state index is 12.7. The van der Waals surface area contributed by atoms with E-state index in [0.717, 1.165) is 0 Å². The van der Waals surface area contributed by atoms with E-state index >= 15 is 0 Å². The molecule has 4 rings (SSSR count). The molecule has 0 saturated carbocycles. The normalized spacial score (nSPS) is 10.8. The van der Waals surface area contributed by atoms with Gasteiger partial charge in [-0.15, -0.1) is 10.2 Å². The first-order chi connectivity index (χ1) is 14.6. The molecule has 0 radical (unpaired) electrons. The number of carbonyl (C=O) groups excluding carboxylic acids is 1. The van der Waals surface area contributed by atoms with Gasteiger partial charge in [0.25, 0.3) is 5.91 Å². The van der Waals surface area contributed by atoms with Crippen LogP contribution in [0.2, 0.25) is 0 Å². The number of rotatable bonds is 6. The van der Waals surface area contributed by atoms with E-state index in [4.69, 9.17) is 4.74 Å². The van der Waals surface area contributed by atoms with Crippen LogP contribution >= 0.6 is 0 Å².